The van der Waals surface area contributed by atoms with Crippen LogP contribution in [-0.2, 0) is 0 Å². The molecule has 0 spiro atoms. The van der Waals surface area contributed by atoms with Crippen LogP contribution in [0.2, 0.25) is 5.02 Å². The van der Waals surface area contributed by atoms with Gasteiger partial charge in [-0.3, -0.25) is 4.98 Å². The molecule has 10 nitrogen and oxygen atoms in total. The number of methoxy groups -OCH3 is 1. The number of piperazine rings is 1. The highest BCUT2D eigenvalue weighted by Gasteiger charge is 2.31. The van der Waals surface area contributed by atoms with Crippen molar-refractivity contribution in [1.29, 1.82) is 0 Å². The Labute approximate surface area is 243 Å². The van der Waals surface area contributed by atoms with Gasteiger partial charge in [0.1, 0.15) is 11.6 Å². The molecule has 0 saturated carbocycles. The molecule has 1 aliphatic rings. The lowest BCUT2D eigenvalue weighted by Crippen LogP contribution is -2.54. The van der Waals surface area contributed by atoms with Gasteiger partial charge in [-0.15, -0.1) is 0 Å². The molecule has 1 unspecified atom stereocenters. The number of nitrogens with zero attached hydrogens (tertiary/aromatic N) is 6. The van der Waals surface area contributed by atoms with Crippen molar-refractivity contribution in [3.8, 4) is 22.7 Å². The van der Waals surface area contributed by atoms with Gasteiger partial charge in [-0.05, 0) is 56.0 Å². The highest BCUT2D eigenvalue weighted by Crippen LogP contribution is 2.39. The standard InChI is InChI=1S/C30H33ClN6O4/c1-16(2)23-25(17(3)10-11-32-23)37-28-21(14-22(31)24(33-28)20-9-7-8-18(4)26(20)41-6)27(34-29(37)38)36-13-12-35(30(39)40)15-19(36)5/h7-11,14,16,19H,12-13,15H2,1-6H3,(H,39,40). The van der Waals surface area contributed by atoms with E-state index in [4.69, 9.17) is 21.3 Å². The Hall–Kier alpha value is -4.18. The van der Waals surface area contributed by atoms with E-state index in [9.17, 15) is 14.7 Å². The summed E-state index contributed by atoms with van der Waals surface area (Å²) < 4.78 is 7.24. The first-order chi connectivity index (χ1) is 19.5. The summed E-state index contributed by atoms with van der Waals surface area (Å²) in [6.07, 6.45) is 0.764. The number of amides is 1. The van der Waals surface area contributed by atoms with Gasteiger partial charge >= 0.3 is 11.8 Å². The molecule has 1 saturated heterocycles. The Kier molecular flexibility index (Phi) is 7.61. The summed E-state index contributed by atoms with van der Waals surface area (Å²) in [5, 5.41) is 10.5. The van der Waals surface area contributed by atoms with Crippen LogP contribution >= 0.6 is 11.6 Å². The van der Waals surface area contributed by atoms with E-state index in [1.807, 2.05) is 63.8 Å². The van der Waals surface area contributed by atoms with Crippen molar-refractivity contribution < 1.29 is 14.6 Å². The third-order valence-corrected chi connectivity index (χ3v) is 7.86. The quantitative estimate of drug-likeness (QED) is 0.334. The zero-order valence-corrected chi connectivity index (χ0v) is 24.7. The maximum atomic E-state index is 14.0. The molecule has 1 atom stereocenters. The number of rotatable bonds is 5. The average molecular weight is 577 g/mol. The molecule has 0 radical (unpaired) electrons. The monoisotopic (exact) mass is 576 g/mol. The van der Waals surface area contributed by atoms with Gasteiger partial charge in [0, 0.05) is 37.4 Å². The highest BCUT2D eigenvalue weighted by atomic mass is 35.5. The fourth-order valence-corrected chi connectivity index (χ4v) is 5.81. The van der Waals surface area contributed by atoms with Crippen LogP contribution in [-0.4, -0.2) is 68.4 Å². The predicted molar refractivity (Wildman–Crippen MR) is 160 cm³/mol. The van der Waals surface area contributed by atoms with E-state index in [-0.39, 0.29) is 25.0 Å². The summed E-state index contributed by atoms with van der Waals surface area (Å²) in [5.74, 6) is 1.09. The smallest absolute Gasteiger partial charge is 0.407 e. The summed E-state index contributed by atoms with van der Waals surface area (Å²) in [4.78, 5) is 43.2. The number of halogens is 1. The van der Waals surface area contributed by atoms with E-state index in [0.29, 0.717) is 51.1 Å². The third-order valence-electron chi connectivity index (χ3n) is 7.57. The van der Waals surface area contributed by atoms with Crippen LogP contribution in [0.3, 0.4) is 0 Å². The molecule has 1 N–H and O–H groups in total. The molecule has 4 aromatic rings. The first-order valence-electron chi connectivity index (χ1n) is 13.5. The molecular weight excluding hydrogens is 544 g/mol. The number of pyridine rings is 2. The van der Waals surface area contributed by atoms with E-state index in [2.05, 4.69) is 9.97 Å². The van der Waals surface area contributed by atoms with Crippen LogP contribution in [0.25, 0.3) is 28.0 Å². The summed E-state index contributed by atoms with van der Waals surface area (Å²) in [7, 11) is 1.60. The Morgan fingerprint density at radius 1 is 1.15 bits per heavy atom. The fourth-order valence-electron chi connectivity index (χ4n) is 5.56. The molecule has 0 bridgehead atoms. The zero-order chi connectivity index (χ0) is 29.6. The number of aryl methyl sites for hydroxylation is 2. The number of aromatic nitrogens is 4. The van der Waals surface area contributed by atoms with Crippen LogP contribution < -0.4 is 15.3 Å². The van der Waals surface area contributed by atoms with E-state index in [1.165, 1.54) is 9.47 Å². The third kappa shape index (κ3) is 4.97. The van der Waals surface area contributed by atoms with Crippen LogP contribution in [0.1, 0.15) is 43.5 Å². The van der Waals surface area contributed by atoms with E-state index in [1.54, 1.807) is 19.4 Å². The number of anilines is 1. The van der Waals surface area contributed by atoms with Gasteiger partial charge in [-0.25, -0.2) is 19.1 Å². The second-order valence-corrected chi connectivity index (χ2v) is 11.1. The number of carboxylic acid groups (broad SMARTS) is 1. The maximum absolute atomic E-state index is 14.0. The lowest BCUT2D eigenvalue weighted by Gasteiger charge is -2.39. The Morgan fingerprint density at radius 3 is 2.56 bits per heavy atom. The van der Waals surface area contributed by atoms with E-state index < -0.39 is 11.8 Å². The fraction of sp³-hybridized carbons (Fsp3) is 0.367. The van der Waals surface area contributed by atoms with Gasteiger partial charge in [-0.1, -0.05) is 37.6 Å². The molecule has 4 heterocycles. The summed E-state index contributed by atoms with van der Waals surface area (Å²) >= 11 is 6.93. The normalized spacial score (nSPS) is 15.6. The predicted octanol–water partition coefficient (Wildman–Crippen LogP) is 5.43. The van der Waals surface area contributed by atoms with Gasteiger partial charge in [0.2, 0.25) is 0 Å². The lowest BCUT2D eigenvalue weighted by molar-refractivity contribution is 0.136. The van der Waals surface area contributed by atoms with Gasteiger partial charge in [-0.2, -0.15) is 4.98 Å². The molecule has 5 rings (SSSR count). The molecule has 1 aromatic carbocycles. The first-order valence-corrected chi connectivity index (χ1v) is 13.9. The summed E-state index contributed by atoms with van der Waals surface area (Å²) in [5.41, 5.74) is 4.22. The molecule has 0 aliphatic carbocycles. The summed E-state index contributed by atoms with van der Waals surface area (Å²) in [6, 6.07) is 9.16. The minimum atomic E-state index is -0.973. The maximum Gasteiger partial charge on any atom is 0.407 e. The van der Waals surface area contributed by atoms with Crippen LogP contribution in [0.5, 0.6) is 5.75 Å². The minimum absolute atomic E-state index is 0.0271. The zero-order valence-electron chi connectivity index (χ0n) is 24.0. The molecule has 41 heavy (non-hydrogen) atoms. The number of hydrogen-bond acceptors (Lipinski definition) is 7. The second-order valence-electron chi connectivity index (χ2n) is 10.7. The van der Waals surface area contributed by atoms with Crippen molar-refractivity contribution in [1.82, 2.24) is 24.4 Å². The van der Waals surface area contributed by atoms with Gasteiger partial charge in [0.15, 0.2) is 5.65 Å². The minimum Gasteiger partial charge on any atom is -0.496 e. The SMILES string of the molecule is COc1c(C)cccc1-c1nc2c(cc1Cl)c(N1CCN(C(=O)O)CC1C)nc(=O)n2-c1c(C)ccnc1C(C)C. The average Bonchev–Trinajstić information content (AvgIpc) is 2.92. The van der Waals surface area contributed by atoms with Crippen LogP contribution in [0.15, 0.2) is 41.3 Å². The van der Waals surface area contributed by atoms with Crippen molar-refractivity contribution in [3.05, 3.63) is 68.9 Å². The van der Waals surface area contributed by atoms with E-state index >= 15 is 0 Å². The molecule has 1 fully saturated rings. The Morgan fingerprint density at radius 2 is 1.90 bits per heavy atom. The van der Waals surface area contributed by atoms with Gasteiger partial charge in [0.25, 0.3) is 0 Å². The van der Waals surface area contributed by atoms with Crippen LogP contribution in [0.4, 0.5) is 10.6 Å². The van der Waals surface area contributed by atoms with Crippen molar-refractivity contribution in [2.75, 3.05) is 31.6 Å². The Balaban J connectivity index is 1.85. The number of hydrogen-bond donors (Lipinski definition) is 1. The number of ether oxygens (including phenoxy) is 1. The number of benzene rings is 1. The van der Waals surface area contributed by atoms with Gasteiger partial charge in [0.05, 0.1) is 34.6 Å². The molecule has 11 heteroatoms. The molecule has 1 aliphatic heterocycles. The topological polar surface area (TPSA) is 114 Å². The van der Waals surface area contributed by atoms with Crippen molar-refractivity contribution in [2.45, 2.75) is 46.6 Å². The number of carbonyl (C=O) groups is 1. The highest BCUT2D eigenvalue weighted by molar-refractivity contribution is 6.34. The van der Waals surface area contributed by atoms with E-state index in [0.717, 1.165) is 16.8 Å². The molecule has 214 valence electrons. The Bertz CT molecular complexity index is 1720. The van der Waals surface area contributed by atoms with Crippen molar-refractivity contribution >= 4 is 34.5 Å². The lowest BCUT2D eigenvalue weighted by atomic mass is 10.0. The largest absolute Gasteiger partial charge is 0.496 e. The second kappa shape index (κ2) is 11.0. The molecule has 3 aromatic heterocycles. The number of para-hydroxylation sites is 1. The number of fused-ring (bicyclic) bond motifs is 1. The molecular formula is C30H33ClN6O4. The van der Waals surface area contributed by atoms with Crippen molar-refractivity contribution in [3.63, 3.8) is 0 Å². The van der Waals surface area contributed by atoms with Gasteiger partial charge < -0.3 is 19.6 Å². The van der Waals surface area contributed by atoms with Crippen LogP contribution in [0, 0.1) is 13.8 Å². The summed E-state index contributed by atoms with van der Waals surface area (Å²) in [6.45, 7) is 10.8. The van der Waals surface area contributed by atoms with Crippen molar-refractivity contribution in [2.24, 2.45) is 0 Å². The molecule has 1 amide bonds. The first kappa shape index (κ1) is 28.4.